The maximum Gasteiger partial charge on any atom is 0.233 e. The summed E-state index contributed by atoms with van der Waals surface area (Å²) < 4.78 is 5.53. The van der Waals surface area contributed by atoms with Crippen LogP contribution in [0, 0.1) is 29.6 Å². The van der Waals surface area contributed by atoms with Gasteiger partial charge >= 0.3 is 0 Å². The van der Waals surface area contributed by atoms with Crippen LogP contribution in [0.1, 0.15) is 12.0 Å². The number of rotatable bonds is 4. The van der Waals surface area contributed by atoms with Gasteiger partial charge in [0.15, 0.2) is 0 Å². The third-order valence-corrected chi connectivity index (χ3v) is 6.43. The number of benzene rings is 1. The van der Waals surface area contributed by atoms with Gasteiger partial charge in [-0.25, -0.2) is 0 Å². The number of hydrogen-bond donors (Lipinski definition) is 0. The first-order valence-electron chi connectivity index (χ1n) is 9.01. The van der Waals surface area contributed by atoms with Crippen molar-refractivity contribution in [2.75, 3.05) is 13.7 Å². The molecule has 134 valence electrons. The van der Waals surface area contributed by atoms with E-state index in [2.05, 4.69) is 11.7 Å². The highest BCUT2D eigenvalue weighted by atomic mass is 16.6. The second kappa shape index (κ2) is 5.43. The maximum atomic E-state index is 12.6. The van der Waals surface area contributed by atoms with Crippen molar-refractivity contribution in [2.45, 2.75) is 12.5 Å². The summed E-state index contributed by atoms with van der Waals surface area (Å²) >= 11 is 0. The molecule has 0 radical (unpaired) electrons. The van der Waals surface area contributed by atoms with Gasteiger partial charge in [0.2, 0.25) is 11.8 Å². The first kappa shape index (κ1) is 15.6. The monoisotopic (exact) mass is 352 g/mol. The average Bonchev–Trinajstić information content (AvgIpc) is 3.38. The second-order valence-electron chi connectivity index (χ2n) is 7.55. The van der Waals surface area contributed by atoms with Crippen molar-refractivity contribution in [2.24, 2.45) is 34.7 Å². The maximum absolute atomic E-state index is 12.6. The molecule has 0 N–H and O–H groups in total. The number of fused-ring (bicyclic) bond motifs is 8. The summed E-state index contributed by atoms with van der Waals surface area (Å²) in [6.07, 6.45) is 2.49. The Morgan fingerprint density at radius 3 is 2.58 bits per heavy atom. The Labute approximate surface area is 151 Å². The van der Waals surface area contributed by atoms with Crippen molar-refractivity contribution in [3.8, 4) is 5.75 Å². The van der Waals surface area contributed by atoms with Gasteiger partial charge in [0.1, 0.15) is 18.5 Å². The highest BCUT2D eigenvalue weighted by molar-refractivity contribution is 6.08. The Morgan fingerprint density at radius 2 is 1.88 bits per heavy atom. The van der Waals surface area contributed by atoms with Crippen LogP contribution in [-0.2, 0) is 14.4 Å². The molecule has 2 aliphatic carbocycles. The van der Waals surface area contributed by atoms with E-state index in [0.29, 0.717) is 6.61 Å². The van der Waals surface area contributed by atoms with E-state index in [0.717, 1.165) is 23.4 Å². The third-order valence-electron chi connectivity index (χ3n) is 6.43. The Hall–Kier alpha value is -2.63. The third kappa shape index (κ3) is 1.90. The van der Waals surface area contributed by atoms with Gasteiger partial charge in [0.05, 0.1) is 17.5 Å². The van der Waals surface area contributed by atoms with Crippen molar-refractivity contribution in [1.29, 1.82) is 0 Å². The number of imide groups is 1. The molecule has 6 heteroatoms. The molecule has 2 amide bonds. The molecule has 26 heavy (non-hydrogen) atoms. The lowest BCUT2D eigenvalue weighted by atomic mass is 9.71. The SMILES string of the molecule is C=CCOc1ccc(C2=NO[C@@H]3[C@H]4C[C@H]([C@H]5C(=O)N(C)C(=O)[C@@H]45)[C@H]23)cc1. The molecule has 3 fully saturated rings. The lowest BCUT2D eigenvalue weighted by Gasteiger charge is -2.29. The Kier molecular flexibility index (Phi) is 3.26. The van der Waals surface area contributed by atoms with E-state index in [1.165, 1.54) is 4.90 Å². The minimum atomic E-state index is -0.219. The highest BCUT2D eigenvalue weighted by Gasteiger charge is 2.69. The molecule has 1 aromatic carbocycles. The van der Waals surface area contributed by atoms with Gasteiger partial charge in [-0.2, -0.15) is 0 Å². The molecule has 5 rings (SSSR count). The van der Waals surface area contributed by atoms with Crippen molar-refractivity contribution >= 4 is 17.5 Å². The summed E-state index contributed by atoms with van der Waals surface area (Å²) in [5, 5.41) is 4.34. The molecule has 6 nitrogen and oxygen atoms in total. The summed E-state index contributed by atoms with van der Waals surface area (Å²) in [5.41, 5.74) is 1.88. The summed E-state index contributed by atoms with van der Waals surface area (Å²) in [4.78, 5) is 32.1. The van der Waals surface area contributed by atoms with Crippen LogP contribution in [0.2, 0.25) is 0 Å². The first-order valence-corrected chi connectivity index (χ1v) is 9.01. The number of nitrogens with zero attached hydrogens (tertiary/aromatic N) is 2. The predicted octanol–water partition coefficient (Wildman–Crippen LogP) is 1.85. The quantitative estimate of drug-likeness (QED) is 0.613. The van der Waals surface area contributed by atoms with Crippen LogP contribution in [-0.4, -0.2) is 42.2 Å². The van der Waals surface area contributed by atoms with Crippen LogP contribution in [0.25, 0.3) is 0 Å². The van der Waals surface area contributed by atoms with E-state index in [1.54, 1.807) is 13.1 Å². The summed E-state index contributed by atoms with van der Waals surface area (Å²) in [6, 6.07) is 7.76. The number of ether oxygens (including phenoxy) is 1. The molecular weight excluding hydrogens is 332 g/mol. The van der Waals surface area contributed by atoms with Gasteiger partial charge in [0.25, 0.3) is 0 Å². The number of oxime groups is 1. The van der Waals surface area contributed by atoms with E-state index < -0.39 is 0 Å². The standard InChI is InChI=1S/C20H20N2O4/c1-3-8-25-11-6-4-10(5-7-11)17-16-12-9-13(18(16)26-21-17)15-14(12)19(23)22(2)20(15)24/h3-7,12-16,18H,1,8-9H2,2H3/t12-,13+,14-,15+,16-,18-/m1/s1. The van der Waals surface area contributed by atoms with Gasteiger partial charge in [-0.15, -0.1) is 0 Å². The average molecular weight is 352 g/mol. The Bertz CT molecular complexity index is 831. The molecule has 0 spiro atoms. The second-order valence-corrected chi connectivity index (χ2v) is 7.55. The number of hydrogen-bond acceptors (Lipinski definition) is 5. The van der Waals surface area contributed by atoms with E-state index in [1.807, 2.05) is 24.3 Å². The highest BCUT2D eigenvalue weighted by Crippen LogP contribution is 2.61. The van der Waals surface area contributed by atoms with E-state index in [9.17, 15) is 9.59 Å². The van der Waals surface area contributed by atoms with Crippen molar-refractivity contribution in [1.82, 2.24) is 4.90 Å². The van der Waals surface area contributed by atoms with E-state index in [-0.39, 0.29) is 47.5 Å². The van der Waals surface area contributed by atoms with Crippen LogP contribution in [0.4, 0.5) is 0 Å². The number of carbonyl (C=O) groups excluding carboxylic acids is 2. The topological polar surface area (TPSA) is 68.2 Å². The molecule has 2 saturated carbocycles. The predicted molar refractivity (Wildman–Crippen MR) is 93.4 cm³/mol. The molecule has 6 atom stereocenters. The van der Waals surface area contributed by atoms with Crippen LogP contribution in [0.15, 0.2) is 42.1 Å². The lowest BCUT2D eigenvalue weighted by molar-refractivity contribution is -0.139. The van der Waals surface area contributed by atoms with Crippen LogP contribution < -0.4 is 4.74 Å². The van der Waals surface area contributed by atoms with Gasteiger partial charge in [-0.3, -0.25) is 14.5 Å². The molecule has 2 aliphatic heterocycles. The molecule has 2 heterocycles. The zero-order valence-electron chi connectivity index (χ0n) is 14.5. The van der Waals surface area contributed by atoms with Crippen molar-refractivity contribution in [3.63, 3.8) is 0 Å². The number of amides is 2. The van der Waals surface area contributed by atoms with Gasteiger partial charge in [0, 0.05) is 24.4 Å². The normalized spacial score (nSPS) is 36.7. The van der Waals surface area contributed by atoms with Crippen molar-refractivity contribution in [3.05, 3.63) is 42.5 Å². The fourth-order valence-electron chi connectivity index (χ4n) is 5.39. The Morgan fingerprint density at radius 1 is 1.19 bits per heavy atom. The smallest absolute Gasteiger partial charge is 0.233 e. The molecule has 2 bridgehead atoms. The lowest BCUT2D eigenvalue weighted by Crippen LogP contribution is -2.41. The zero-order chi connectivity index (χ0) is 18.0. The molecule has 1 saturated heterocycles. The van der Waals surface area contributed by atoms with Crippen LogP contribution in [0.3, 0.4) is 0 Å². The largest absolute Gasteiger partial charge is 0.490 e. The Balaban J connectivity index is 1.42. The van der Waals surface area contributed by atoms with Gasteiger partial charge in [-0.05, 0) is 36.6 Å². The molecule has 0 unspecified atom stereocenters. The van der Waals surface area contributed by atoms with Gasteiger partial charge in [-0.1, -0.05) is 17.8 Å². The molecule has 1 aromatic rings. The van der Waals surface area contributed by atoms with E-state index in [4.69, 9.17) is 9.57 Å². The molecule has 4 aliphatic rings. The fraction of sp³-hybridized carbons (Fsp3) is 0.450. The minimum absolute atomic E-state index is 0.0367. The van der Waals surface area contributed by atoms with Crippen LogP contribution in [0.5, 0.6) is 5.75 Å². The summed E-state index contributed by atoms with van der Waals surface area (Å²) in [6.45, 7) is 4.10. The number of carbonyl (C=O) groups is 2. The van der Waals surface area contributed by atoms with Crippen LogP contribution >= 0.6 is 0 Å². The van der Waals surface area contributed by atoms with Gasteiger partial charge < -0.3 is 9.57 Å². The summed E-state index contributed by atoms with van der Waals surface area (Å²) in [5.74, 6) is 0.573. The molecule has 0 aromatic heterocycles. The first-order chi connectivity index (χ1) is 12.6. The minimum Gasteiger partial charge on any atom is -0.490 e. The zero-order valence-corrected chi connectivity index (χ0v) is 14.5. The van der Waals surface area contributed by atoms with E-state index >= 15 is 0 Å². The van der Waals surface area contributed by atoms with Crippen molar-refractivity contribution < 1.29 is 19.2 Å². The fourth-order valence-corrected chi connectivity index (χ4v) is 5.39. The summed E-state index contributed by atoms with van der Waals surface area (Å²) in [7, 11) is 1.59. The molecular formula is C20H20N2O4. The number of likely N-dealkylation sites (tertiary alicyclic amines) is 1.